The number of phenolic OH excluding ortho intramolecular Hbond substituents is 3. The largest absolute Gasteiger partial charge is 0.507 e. The molecule has 0 radical (unpaired) electrons. The molecule has 0 amide bonds. The summed E-state index contributed by atoms with van der Waals surface area (Å²) in [6, 6.07) is 15.3. The van der Waals surface area contributed by atoms with Gasteiger partial charge in [-0.25, -0.2) is 0 Å². The highest BCUT2D eigenvalue weighted by atomic mass is 16.3. The van der Waals surface area contributed by atoms with Crippen molar-refractivity contribution in [2.45, 2.75) is 32.1 Å². The Morgan fingerprint density at radius 1 is 0.531 bits per heavy atom. The van der Waals surface area contributed by atoms with Crippen LogP contribution in [0.3, 0.4) is 0 Å². The normalized spacial score (nSPS) is 10.6. The molecule has 0 fully saturated rings. The molecular weight excluding hydrogens is 396 g/mol. The zero-order valence-electron chi connectivity index (χ0n) is 18.3. The van der Waals surface area contributed by atoms with E-state index in [0.29, 0.717) is 32.1 Å². The molecule has 0 aliphatic heterocycles. The van der Waals surface area contributed by atoms with Crippen LogP contribution in [0, 0.1) is 0 Å². The molecule has 164 valence electrons. The van der Waals surface area contributed by atoms with Crippen molar-refractivity contribution in [2.75, 3.05) is 0 Å². The summed E-state index contributed by atoms with van der Waals surface area (Å²) in [6.07, 6.45) is 7.90. The van der Waals surface area contributed by atoms with E-state index < -0.39 is 0 Å². The topological polar surface area (TPSA) is 60.7 Å². The zero-order valence-corrected chi connectivity index (χ0v) is 18.3. The second kappa shape index (κ2) is 10.5. The molecule has 0 aliphatic carbocycles. The van der Waals surface area contributed by atoms with Crippen LogP contribution in [0.4, 0.5) is 0 Å². The highest BCUT2D eigenvalue weighted by Gasteiger charge is 2.15. The Hall–Kier alpha value is -3.72. The van der Waals surface area contributed by atoms with Crippen LogP contribution in [-0.4, -0.2) is 15.3 Å². The van der Waals surface area contributed by atoms with Crippen molar-refractivity contribution in [1.82, 2.24) is 0 Å². The van der Waals surface area contributed by atoms with Crippen LogP contribution in [0.5, 0.6) is 17.2 Å². The number of rotatable bonds is 10. The van der Waals surface area contributed by atoms with Crippen molar-refractivity contribution in [2.24, 2.45) is 0 Å². The summed E-state index contributed by atoms with van der Waals surface area (Å²) < 4.78 is 0. The van der Waals surface area contributed by atoms with E-state index in [-0.39, 0.29) is 17.2 Å². The van der Waals surface area contributed by atoms with Gasteiger partial charge in [0.2, 0.25) is 0 Å². The number of hydrogen-bond acceptors (Lipinski definition) is 3. The van der Waals surface area contributed by atoms with Gasteiger partial charge in [0.1, 0.15) is 17.2 Å². The van der Waals surface area contributed by atoms with Crippen LogP contribution in [-0.2, 0) is 32.1 Å². The van der Waals surface area contributed by atoms with Gasteiger partial charge >= 0.3 is 0 Å². The van der Waals surface area contributed by atoms with E-state index in [0.717, 1.165) is 38.9 Å². The van der Waals surface area contributed by atoms with Gasteiger partial charge in [-0.2, -0.15) is 0 Å². The Kier molecular flexibility index (Phi) is 7.56. The maximum absolute atomic E-state index is 10.9. The van der Waals surface area contributed by atoms with Gasteiger partial charge in [0.15, 0.2) is 0 Å². The third kappa shape index (κ3) is 5.12. The SMILES string of the molecule is C=CCc1cccc(Cc2cc(CC=C)c(O)c(Cc3cccc(CC=C)c3O)c2)c1O. The predicted octanol–water partition coefficient (Wildman–Crippen LogP) is 6.17. The van der Waals surface area contributed by atoms with E-state index in [1.807, 2.05) is 48.5 Å². The Bertz CT molecular complexity index is 1140. The van der Waals surface area contributed by atoms with E-state index in [1.54, 1.807) is 18.2 Å². The number of hydrogen-bond donors (Lipinski definition) is 3. The van der Waals surface area contributed by atoms with Crippen LogP contribution in [0.2, 0.25) is 0 Å². The molecule has 0 atom stereocenters. The van der Waals surface area contributed by atoms with Crippen molar-refractivity contribution >= 4 is 0 Å². The molecule has 3 aromatic rings. The molecule has 3 N–H and O–H groups in total. The summed E-state index contributed by atoms with van der Waals surface area (Å²) in [5.41, 5.74) is 5.69. The second-order valence-corrected chi connectivity index (χ2v) is 7.94. The van der Waals surface area contributed by atoms with Crippen LogP contribution in [0.15, 0.2) is 86.5 Å². The number of para-hydroxylation sites is 2. The van der Waals surface area contributed by atoms with Crippen LogP contribution >= 0.6 is 0 Å². The lowest BCUT2D eigenvalue weighted by Gasteiger charge is -2.15. The molecule has 0 bridgehead atoms. The molecule has 32 heavy (non-hydrogen) atoms. The van der Waals surface area contributed by atoms with Crippen molar-refractivity contribution in [3.05, 3.63) is 125 Å². The monoisotopic (exact) mass is 426 g/mol. The van der Waals surface area contributed by atoms with E-state index >= 15 is 0 Å². The molecule has 0 spiro atoms. The van der Waals surface area contributed by atoms with Crippen molar-refractivity contribution in [1.29, 1.82) is 0 Å². The minimum Gasteiger partial charge on any atom is -0.507 e. The average Bonchev–Trinajstić information content (AvgIpc) is 2.77. The predicted molar refractivity (Wildman–Crippen MR) is 132 cm³/mol. The summed E-state index contributed by atoms with van der Waals surface area (Å²) in [5, 5.41) is 32.3. The molecule has 0 saturated carbocycles. The molecule has 0 aliphatic rings. The molecule has 0 unspecified atom stereocenters. The van der Waals surface area contributed by atoms with Gasteiger partial charge in [0, 0.05) is 12.8 Å². The van der Waals surface area contributed by atoms with E-state index in [1.165, 1.54) is 0 Å². The molecule has 0 saturated heterocycles. The molecular formula is C29H30O3. The van der Waals surface area contributed by atoms with Gasteiger partial charge in [-0.05, 0) is 58.2 Å². The number of aromatic hydroxyl groups is 3. The lowest BCUT2D eigenvalue weighted by molar-refractivity contribution is 0.457. The highest BCUT2D eigenvalue weighted by molar-refractivity contribution is 5.52. The van der Waals surface area contributed by atoms with E-state index in [4.69, 9.17) is 0 Å². The third-order valence-corrected chi connectivity index (χ3v) is 5.60. The lowest BCUT2D eigenvalue weighted by Crippen LogP contribution is -1.99. The quantitative estimate of drug-likeness (QED) is 0.340. The Labute approximate surface area is 190 Å². The van der Waals surface area contributed by atoms with E-state index in [2.05, 4.69) is 19.7 Å². The first-order valence-electron chi connectivity index (χ1n) is 10.7. The van der Waals surface area contributed by atoms with E-state index in [9.17, 15) is 15.3 Å². The summed E-state index contributed by atoms with van der Waals surface area (Å²) in [4.78, 5) is 0. The maximum Gasteiger partial charge on any atom is 0.122 e. The fraction of sp³-hybridized carbons (Fsp3) is 0.172. The fourth-order valence-electron chi connectivity index (χ4n) is 4.02. The number of allylic oxidation sites excluding steroid dienone is 3. The Morgan fingerprint density at radius 2 is 0.938 bits per heavy atom. The second-order valence-electron chi connectivity index (χ2n) is 7.94. The van der Waals surface area contributed by atoms with Crippen LogP contribution in [0.1, 0.15) is 38.9 Å². The first-order valence-corrected chi connectivity index (χ1v) is 10.7. The molecule has 0 heterocycles. The first-order chi connectivity index (χ1) is 15.5. The summed E-state index contributed by atoms with van der Waals surface area (Å²) in [5.74, 6) is 0.728. The molecule has 3 heteroatoms. The Balaban J connectivity index is 2.01. The molecule has 3 rings (SSSR count). The van der Waals surface area contributed by atoms with Gasteiger partial charge in [0.25, 0.3) is 0 Å². The lowest BCUT2D eigenvalue weighted by atomic mass is 9.92. The van der Waals surface area contributed by atoms with Gasteiger partial charge in [0.05, 0.1) is 0 Å². The number of phenols is 3. The molecule has 3 aromatic carbocycles. The van der Waals surface area contributed by atoms with Gasteiger partial charge in [-0.15, -0.1) is 19.7 Å². The molecule has 0 aromatic heterocycles. The first kappa shape index (κ1) is 23.0. The third-order valence-electron chi connectivity index (χ3n) is 5.60. The van der Waals surface area contributed by atoms with Gasteiger partial charge < -0.3 is 15.3 Å². The van der Waals surface area contributed by atoms with Crippen molar-refractivity contribution < 1.29 is 15.3 Å². The maximum atomic E-state index is 10.9. The summed E-state index contributed by atoms with van der Waals surface area (Å²) >= 11 is 0. The zero-order chi connectivity index (χ0) is 23.1. The standard InChI is InChI=1S/C29H30O3/c1-4-9-21-12-7-14-24(27(21)30)17-20-16-23(11-6-3)29(32)26(18-20)19-25-15-8-13-22(10-5-2)28(25)31/h4-8,12-16,18,30-32H,1-3,9-11,17,19H2. The van der Waals surface area contributed by atoms with Crippen LogP contribution < -0.4 is 0 Å². The minimum atomic E-state index is 0.215. The fourth-order valence-corrected chi connectivity index (χ4v) is 4.02. The smallest absolute Gasteiger partial charge is 0.122 e. The summed E-state index contributed by atoms with van der Waals surface area (Å²) in [7, 11) is 0. The Morgan fingerprint density at radius 3 is 1.47 bits per heavy atom. The van der Waals surface area contributed by atoms with Crippen molar-refractivity contribution in [3.8, 4) is 17.2 Å². The summed E-state index contributed by atoms with van der Waals surface area (Å²) in [6.45, 7) is 11.3. The molecule has 3 nitrogen and oxygen atoms in total. The van der Waals surface area contributed by atoms with Crippen molar-refractivity contribution in [3.63, 3.8) is 0 Å². The highest BCUT2D eigenvalue weighted by Crippen LogP contribution is 2.33. The number of benzene rings is 3. The van der Waals surface area contributed by atoms with Crippen LogP contribution in [0.25, 0.3) is 0 Å². The van der Waals surface area contributed by atoms with Gasteiger partial charge in [-0.3, -0.25) is 0 Å². The average molecular weight is 427 g/mol. The van der Waals surface area contributed by atoms with Gasteiger partial charge in [-0.1, -0.05) is 66.8 Å². The minimum absolute atomic E-state index is 0.215.